The minimum Gasteiger partial charge on any atom is -0.383 e. The largest absolute Gasteiger partial charge is 0.383 e. The van der Waals surface area contributed by atoms with Gasteiger partial charge in [0.2, 0.25) is 0 Å². The van der Waals surface area contributed by atoms with Gasteiger partial charge in [-0.3, -0.25) is 14.6 Å². The summed E-state index contributed by atoms with van der Waals surface area (Å²) < 4.78 is 1.47. The van der Waals surface area contributed by atoms with Crippen LogP contribution in [-0.2, 0) is 0 Å². The van der Waals surface area contributed by atoms with Gasteiger partial charge in [-0.15, -0.1) is 11.3 Å². The number of unbranched alkanes of at least 4 members (excludes halogenated alkanes) is 2. The molecular formula is C30H28N8O2S. The van der Waals surface area contributed by atoms with Crippen LogP contribution in [0.4, 0.5) is 5.82 Å². The van der Waals surface area contributed by atoms with E-state index in [4.69, 9.17) is 5.73 Å². The summed E-state index contributed by atoms with van der Waals surface area (Å²) in [5.41, 5.74) is 10.7. The lowest BCUT2D eigenvalue weighted by Crippen LogP contribution is -2.28. The number of rotatable bonds is 11. The lowest BCUT2D eigenvalue weighted by molar-refractivity contribution is 0.0935. The number of nitrogens with two attached hydrogens (primary N) is 1. The van der Waals surface area contributed by atoms with Crippen LogP contribution in [0, 0.1) is 0 Å². The smallest absolute Gasteiger partial charge is 0.263 e. The topological polar surface area (TPSA) is 144 Å². The van der Waals surface area contributed by atoms with Gasteiger partial charge < -0.3 is 16.0 Å². The second-order valence-electron chi connectivity index (χ2n) is 9.82. The Hall–Kier alpha value is -4.90. The molecule has 206 valence electrons. The molecule has 0 aliphatic heterocycles. The number of Topliss-reactive ketones (excluding diaryl/α,β-unsaturated/α-hetero) is 1. The van der Waals surface area contributed by atoms with Crippen LogP contribution in [0.25, 0.3) is 27.7 Å². The molecule has 4 N–H and O–H groups in total. The van der Waals surface area contributed by atoms with E-state index < -0.39 is 0 Å². The third kappa shape index (κ3) is 5.71. The number of aromatic nitrogens is 6. The van der Waals surface area contributed by atoms with Crippen molar-refractivity contribution in [2.24, 2.45) is 0 Å². The van der Waals surface area contributed by atoms with Crippen molar-refractivity contribution in [1.82, 2.24) is 34.9 Å². The van der Waals surface area contributed by atoms with Gasteiger partial charge in [-0.25, -0.2) is 9.97 Å². The van der Waals surface area contributed by atoms with Gasteiger partial charge in [0.25, 0.3) is 5.91 Å². The molecule has 0 aliphatic rings. The van der Waals surface area contributed by atoms with Crippen molar-refractivity contribution in [2.75, 3.05) is 5.73 Å². The molecule has 6 aromatic rings. The molecule has 4 aromatic heterocycles. The molecule has 0 saturated heterocycles. The summed E-state index contributed by atoms with van der Waals surface area (Å²) in [5.74, 6) is 0.742. The summed E-state index contributed by atoms with van der Waals surface area (Å²) in [5, 5.41) is 9.56. The van der Waals surface area contributed by atoms with Gasteiger partial charge >= 0.3 is 0 Å². The number of amides is 1. The molecule has 11 heteroatoms. The average Bonchev–Trinajstić information content (AvgIpc) is 3.78. The van der Waals surface area contributed by atoms with Gasteiger partial charge in [0.05, 0.1) is 41.4 Å². The van der Waals surface area contributed by atoms with E-state index in [1.54, 1.807) is 30.2 Å². The van der Waals surface area contributed by atoms with E-state index in [1.807, 2.05) is 12.1 Å². The molecule has 0 aliphatic carbocycles. The molecule has 4 heterocycles. The monoisotopic (exact) mass is 564 g/mol. The predicted octanol–water partition coefficient (Wildman–Crippen LogP) is 5.62. The van der Waals surface area contributed by atoms with Crippen molar-refractivity contribution in [3.8, 4) is 11.3 Å². The molecule has 0 bridgehead atoms. The van der Waals surface area contributed by atoms with Crippen molar-refractivity contribution < 1.29 is 9.59 Å². The predicted molar refractivity (Wildman–Crippen MR) is 159 cm³/mol. The van der Waals surface area contributed by atoms with Crippen LogP contribution < -0.4 is 11.1 Å². The number of ketones is 1. The van der Waals surface area contributed by atoms with Crippen molar-refractivity contribution in [3.63, 3.8) is 0 Å². The van der Waals surface area contributed by atoms with Gasteiger partial charge in [-0.1, -0.05) is 49.2 Å². The van der Waals surface area contributed by atoms with Gasteiger partial charge in [0, 0.05) is 24.2 Å². The lowest BCUT2D eigenvalue weighted by Gasteiger charge is -2.16. The number of carbonyl (C=O) groups excluding carboxylic acids is 2. The Morgan fingerprint density at radius 1 is 1.00 bits per heavy atom. The number of nitrogens with one attached hydrogen (secondary N) is 2. The molecule has 1 amide bonds. The van der Waals surface area contributed by atoms with E-state index in [9.17, 15) is 9.59 Å². The number of carbonyl (C=O) groups is 2. The Kier molecular flexibility index (Phi) is 7.50. The van der Waals surface area contributed by atoms with Crippen LogP contribution >= 0.6 is 11.3 Å². The Morgan fingerprint density at radius 3 is 2.73 bits per heavy atom. The van der Waals surface area contributed by atoms with E-state index in [1.165, 1.54) is 27.4 Å². The molecule has 10 nitrogen and oxygen atoms in total. The number of hydrogen-bond acceptors (Lipinski definition) is 8. The van der Waals surface area contributed by atoms with Crippen molar-refractivity contribution in [2.45, 2.75) is 38.1 Å². The highest BCUT2D eigenvalue weighted by molar-refractivity contribution is 7.11. The standard InChI is InChI=1S/C30H28N8O2S/c31-28-22(15-33-27-12-13-35-38(27)28)25(39)9-3-1-2-8-23(37-30(40)26-17-32-18-41-26)29-34-16-24(36-29)21-11-10-19-6-4-5-7-20(19)14-21/h4-7,10-18,23H,1-3,8-9,31H2,(H,34,36)(H,37,40)/t23-/m0/s1. The van der Waals surface area contributed by atoms with Gasteiger partial charge in [0.1, 0.15) is 16.5 Å². The van der Waals surface area contributed by atoms with Crippen LogP contribution in [0.5, 0.6) is 0 Å². The number of imidazole rings is 1. The number of aromatic amines is 1. The van der Waals surface area contributed by atoms with E-state index in [0.717, 1.165) is 29.5 Å². The number of nitrogen functional groups attached to an aromatic ring is 1. The Balaban J connectivity index is 1.11. The molecule has 6 rings (SSSR count). The van der Waals surface area contributed by atoms with Crippen molar-refractivity contribution in [3.05, 3.63) is 95.1 Å². The number of H-pyrrole nitrogens is 1. The number of hydrogen-bond donors (Lipinski definition) is 3. The normalized spacial score (nSPS) is 12.1. The second kappa shape index (κ2) is 11.7. The number of fused-ring (bicyclic) bond motifs is 2. The Labute approximate surface area is 239 Å². The number of nitrogens with zero attached hydrogens (tertiary/aromatic N) is 5. The summed E-state index contributed by atoms with van der Waals surface area (Å²) in [4.78, 5) is 42.6. The van der Waals surface area contributed by atoms with Crippen LogP contribution in [0.3, 0.4) is 0 Å². The maximum atomic E-state index is 12.9. The first-order chi connectivity index (χ1) is 20.1. The van der Waals surface area contributed by atoms with Crippen molar-refractivity contribution >= 4 is 45.3 Å². The third-order valence-electron chi connectivity index (χ3n) is 7.10. The van der Waals surface area contributed by atoms with Crippen LogP contribution in [0.15, 0.2) is 78.8 Å². The van der Waals surface area contributed by atoms with E-state index in [2.05, 4.69) is 60.7 Å². The van der Waals surface area contributed by atoms with Gasteiger partial charge in [-0.2, -0.15) is 9.61 Å². The molecule has 2 aromatic carbocycles. The zero-order chi connectivity index (χ0) is 28.2. The maximum absolute atomic E-state index is 12.9. The lowest BCUT2D eigenvalue weighted by atomic mass is 10.0. The summed E-state index contributed by atoms with van der Waals surface area (Å²) in [6.07, 6.45) is 9.77. The summed E-state index contributed by atoms with van der Waals surface area (Å²) in [6, 6.07) is 15.9. The Bertz CT molecular complexity index is 1830. The van der Waals surface area contributed by atoms with Gasteiger partial charge in [0.15, 0.2) is 11.4 Å². The quantitative estimate of drug-likeness (QED) is 0.137. The molecule has 41 heavy (non-hydrogen) atoms. The van der Waals surface area contributed by atoms with E-state index in [-0.39, 0.29) is 17.7 Å². The molecule has 0 unspecified atom stereocenters. The molecule has 0 radical (unpaired) electrons. The second-order valence-corrected chi connectivity index (χ2v) is 10.7. The fraction of sp³-hybridized carbons (Fsp3) is 0.200. The first-order valence-corrected chi connectivity index (χ1v) is 14.3. The van der Waals surface area contributed by atoms with Crippen LogP contribution in [0.2, 0.25) is 0 Å². The highest BCUT2D eigenvalue weighted by Crippen LogP contribution is 2.26. The third-order valence-corrected chi connectivity index (χ3v) is 7.87. The van der Waals surface area contributed by atoms with Crippen molar-refractivity contribution in [1.29, 1.82) is 0 Å². The first-order valence-electron chi connectivity index (χ1n) is 13.4. The zero-order valence-electron chi connectivity index (χ0n) is 22.2. The van der Waals surface area contributed by atoms with E-state index >= 15 is 0 Å². The SMILES string of the molecule is Nc1c(C(=O)CCCCC[C@H](NC(=O)c2cncs2)c2ncc(-c3ccc4ccccc4c3)[nH]2)cnc2ccnn12. The molecule has 0 saturated carbocycles. The first kappa shape index (κ1) is 26.3. The average molecular weight is 565 g/mol. The molecule has 1 atom stereocenters. The Morgan fingerprint density at radius 2 is 1.88 bits per heavy atom. The van der Waals surface area contributed by atoms with E-state index in [0.29, 0.717) is 47.0 Å². The summed E-state index contributed by atoms with van der Waals surface area (Å²) in [7, 11) is 0. The highest BCUT2D eigenvalue weighted by Gasteiger charge is 2.20. The zero-order valence-corrected chi connectivity index (χ0v) is 23.0. The highest BCUT2D eigenvalue weighted by atomic mass is 32.1. The number of anilines is 1. The minimum atomic E-state index is -0.323. The molecule has 0 fully saturated rings. The minimum absolute atomic E-state index is 0.0616. The fourth-order valence-electron chi connectivity index (χ4n) is 4.90. The number of thiazole rings is 1. The number of benzene rings is 2. The van der Waals surface area contributed by atoms with Crippen LogP contribution in [-0.4, -0.2) is 41.2 Å². The van der Waals surface area contributed by atoms with Crippen LogP contribution in [0.1, 0.15) is 64.0 Å². The fourth-order valence-corrected chi connectivity index (χ4v) is 5.43. The summed E-state index contributed by atoms with van der Waals surface area (Å²) >= 11 is 1.29. The molecule has 0 spiro atoms. The molecular weight excluding hydrogens is 536 g/mol. The maximum Gasteiger partial charge on any atom is 0.263 e. The van der Waals surface area contributed by atoms with Gasteiger partial charge in [-0.05, 0) is 29.7 Å². The summed E-state index contributed by atoms with van der Waals surface area (Å²) in [6.45, 7) is 0.